The van der Waals surface area contributed by atoms with Crippen LogP contribution in [0, 0.1) is 6.92 Å². The number of pyridine rings is 1. The second-order valence-corrected chi connectivity index (χ2v) is 4.46. The van der Waals surface area contributed by atoms with Crippen molar-refractivity contribution in [3.05, 3.63) is 52.3 Å². The number of nitrogens with one attached hydrogen (secondary N) is 1. The molecule has 0 unspecified atom stereocenters. The summed E-state index contributed by atoms with van der Waals surface area (Å²) in [5, 5.41) is 0.373. The number of hydrogen-bond acceptors (Lipinski definition) is 4. The van der Waals surface area contributed by atoms with Crippen molar-refractivity contribution in [3.8, 4) is 17.3 Å². The molecule has 3 rings (SSSR count). The standard InChI is InChI=1S/C15H13N3O2/c1-9-8-11(19)12-14(16-9)17-13(18-15(12)20-2)10-6-4-3-5-7-10/h3-8H,1-2H3,(H,16,17,18,19). The summed E-state index contributed by atoms with van der Waals surface area (Å²) in [6.45, 7) is 1.82. The molecule has 0 aliphatic carbocycles. The average molecular weight is 267 g/mol. The first-order chi connectivity index (χ1) is 9.69. The first-order valence-corrected chi connectivity index (χ1v) is 6.20. The number of hydrogen-bond donors (Lipinski definition) is 1. The van der Waals surface area contributed by atoms with Crippen molar-refractivity contribution in [2.75, 3.05) is 7.11 Å². The Morgan fingerprint density at radius 2 is 1.90 bits per heavy atom. The van der Waals surface area contributed by atoms with Crippen LogP contribution < -0.4 is 10.2 Å². The summed E-state index contributed by atoms with van der Waals surface area (Å²) in [5.41, 5.74) is 1.96. The number of aromatic nitrogens is 3. The number of nitrogens with zero attached hydrogens (tertiary/aromatic N) is 2. The lowest BCUT2D eigenvalue weighted by atomic mass is 10.2. The fourth-order valence-electron chi connectivity index (χ4n) is 2.11. The summed E-state index contributed by atoms with van der Waals surface area (Å²) in [6.07, 6.45) is 0. The van der Waals surface area contributed by atoms with Crippen molar-refractivity contribution < 1.29 is 4.74 Å². The molecule has 0 aliphatic rings. The van der Waals surface area contributed by atoms with Gasteiger partial charge in [-0.25, -0.2) is 4.98 Å². The van der Waals surface area contributed by atoms with Crippen molar-refractivity contribution in [1.29, 1.82) is 0 Å². The van der Waals surface area contributed by atoms with Gasteiger partial charge in [0.15, 0.2) is 11.3 Å². The number of ether oxygens (including phenoxy) is 1. The lowest BCUT2D eigenvalue weighted by molar-refractivity contribution is 0.403. The Morgan fingerprint density at radius 3 is 2.60 bits per heavy atom. The van der Waals surface area contributed by atoms with Crippen LogP contribution in [0.4, 0.5) is 0 Å². The van der Waals surface area contributed by atoms with E-state index in [9.17, 15) is 4.79 Å². The first-order valence-electron chi connectivity index (χ1n) is 6.20. The van der Waals surface area contributed by atoms with Crippen LogP contribution in [0.1, 0.15) is 5.69 Å². The van der Waals surface area contributed by atoms with Crippen LogP contribution in [0.3, 0.4) is 0 Å². The van der Waals surface area contributed by atoms with Gasteiger partial charge in [0.05, 0.1) is 7.11 Å². The lowest BCUT2D eigenvalue weighted by Crippen LogP contribution is -2.08. The highest BCUT2D eigenvalue weighted by Crippen LogP contribution is 2.23. The van der Waals surface area contributed by atoms with E-state index in [0.29, 0.717) is 16.9 Å². The zero-order chi connectivity index (χ0) is 14.1. The molecule has 1 aromatic carbocycles. The molecular weight excluding hydrogens is 254 g/mol. The minimum absolute atomic E-state index is 0.146. The molecular formula is C15H13N3O2. The predicted octanol–water partition coefficient (Wildman–Crippen LogP) is 2.30. The Labute approximate surface area is 115 Å². The normalized spacial score (nSPS) is 10.7. The molecule has 2 heterocycles. The number of H-pyrrole nitrogens is 1. The summed E-state index contributed by atoms with van der Waals surface area (Å²) in [6, 6.07) is 11.1. The van der Waals surface area contributed by atoms with Crippen LogP contribution in [0.15, 0.2) is 41.2 Å². The molecule has 20 heavy (non-hydrogen) atoms. The average Bonchev–Trinajstić information content (AvgIpc) is 2.46. The fraction of sp³-hybridized carbons (Fsp3) is 0.133. The Morgan fingerprint density at radius 1 is 1.15 bits per heavy atom. The van der Waals surface area contributed by atoms with E-state index in [-0.39, 0.29) is 11.3 Å². The fourth-order valence-corrected chi connectivity index (χ4v) is 2.11. The van der Waals surface area contributed by atoms with Gasteiger partial charge in [-0.05, 0) is 6.92 Å². The minimum Gasteiger partial charge on any atom is -0.480 e. The van der Waals surface area contributed by atoms with Gasteiger partial charge < -0.3 is 9.72 Å². The van der Waals surface area contributed by atoms with E-state index in [1.54, 1.807) is 0 Å². The van der Waals surface area contributed by atoms with Gasteiger partial charge in [0.25, 0.3) is 0 Å². The largest absolute Gasteiger partial charge is 0.480 e. The van der Waals surface area contributed by atoms with Crippen LogP contribution in [-0.2, 0) is 0 Å². The Bertz CT molecular complexity index is 826. The maximum atomic E-state index is 12.0. The van der Waals surface area contributed by atoms with E-state index in [4.69, 9.17) is 4.74 Å². The monoisotopic (exact) mass is 267 g/mol. The van der Waals surface area contributed by atoms with Crippen molar-refractivity contribution in [3.63, 3.8) is 0 Å². The lowest BCUT2D eigenvalue weighted by Gasteiger charge is -2.07. The molecule has 0 aliphatic heterocycles. The number of rotatable bonds is 2. The molecule has 3 aromatic rings. The van der Waals surface area contributed by atoms with Gasteiger partial charge in [-0.3, -0.25) is 4.79 Å². The molecule has 0 fully saturated rings. The topological polar surface area (TPSA) is 67.9 Å². The molecule has 0 saturated carbocycles. The zero-order valence-electron chi connectivity index (χ0n) is 11.2. The molecule has 0 atom stereocenters. The van der Waals surface area contributed by atoms with E-state index in [2.05, 4.69) is 15.0 Å². The van der Waals surface area contributed by atoms with Crippen LogP contribution in [-0.4, -0.2) is 22.1 Å². The molecule has 100 valence electrons. The van der Waals surface area contributed by atoms with Crippen molar-refractivity contribution in [2.24, 2.45) is 0 Å². The predicted molar refractivity (Wildman–Crippen MR) is 76.9 cm³/mol. The van der Waals surface area contributed by atoms with Crippen LogP contribution >= 0.6 is 0 Å². The maximum Gasteiger partial charge on any atom is 0.230 e. The van der Waals surface area contributed by atoms with E-state index >= 15 is 0 Å². The van der Waals surface area contributed by atoms with Gasteiger partial charge in [-0.2, -0.15) is 4.98 Å². The van der Waals surface area contributed by atoms with Gasteiger partial charge in [-0.1, -0.05) is 30.3 Å². The van der Waals surface area contributed by atoms with Gasteiger partial charge in [0.2, 0.25) is 5.88 Å². The Balaban J connectivity index is 2.35. The van der Waals surface area contributed by atoms with E-state index in [1.165, 1.54) is 13.2 Å². The minimum atomic E-state index is -0.146. The van der Waals surface area contributed by atoms with E-state index in [0.717, 1.165) is 11.3 Å². The Kier molecular flexibility index (Phi) is 2.95. The molecule has 0 bridgehead atoms. The van der Waals surface area contributed by atoms with Gasteiger partial charge in [0, 0.05) is 17.3 Å². The van der Waals surface area contributed by atoms with Crippen molar-refractivity contribution in [2.45, 2.75) is 6.92 Å². The molecule has 0 amide bonds. The Hall–Kier alpha value is -2.69. The van der Waals surface area contributed by atoms with E-state index < -0.39 is 0 Å². The number of methoxy groups -OCH3 is 1. The zero-order valence-corrected chi connectivity index (χ0v) is 11.2. The molecule has 5 nitrogen and oxygen atoms in total. The number of aryl methyl sites for hydroxylation is 1. The maximum absolute atomic E-state index is 12.0. The first kappa shape index (κ1) is 12.3. The summed E-state index contributed by atoms with van der Waals surface area (Å²) in [4.78, 5) is 23.9. The second-order valence-electron chi connectivity index (χ2n) is 4.46. The molecule has 2 aromatic heterocycles. The van der Waals surface area contributed by atoms with Crippen LogP contribution in [0.2, 0.25) is 0 Å². The molecule has 5 heteroatoms. The SMILES string of the molecule is COc1nc(-c2ccccc2)nc2[nH]c(C)cc(=O)c12. The third-order valence-electron chi connectivity index (χ3n) is 3.01. The number of aromatic amines is 1. The van der Waals surface area contributed by atoms with E-state index in [1.807, 2.05) is 37.3 Å². The van der Waals surface area contributed by atoms with Crippen molar-refractivity contribution in [1.82, 2.24) is 15.0 Å². The summed E-state index contributed by atoms with van der Waals surface area (Å²) >= 11 is 0. The molecule has 0 saturated heterocycles. The molecule has 0 radical (unpaired) electrons. The summed E-state index contributed by atoms with van der Waals surface area (Å²) in [7, 11) is 1.50. The quantitative estimate of drug-likeness (QED) is 0.773. The van der Waals surface area contributed by atoms with Gasteiger partial charge >= 0.3 is 0 Å². The smallest absolute Gasteiger partial charge is 0.230 e. The number of fused-ring (bicyclic) bond motifs is 1. The molecule has 1 N–H and O–H groups in total. The van der Waals surface area contributed by atoms with Crippen LogP contribution in [0.25, 0.3) is 22.4 Å². The second kappa shape index (κ2) is 4.77. The highest BCUT2D eigenvalue weighted by Gasteiger charge is 2.13. The highest BCUT2D eigenvalue weighted by molar-refractivity contribution is 5.82. The van der Waals surface area contributed by atoms with Crippen LogP contribution in [0.5, 0.6) is 5.88 Å². The molecule has 0 spiro atoms. The van der Waals surface area contributed by atoms with Gasteiger partial charge in [0.1, 0.15) is 11.0 Å². The summed E-state index contributed by atoms with van der Waals surface area (Å²) in [5.74, 6) is 0.811. The summed E-state index contributed by atoms with van der Waals surface area (Å²) < 4.78 is 5.24. The third kappa shape index (κ3) is 2.03. The van der Waals surface area contributed by atoms with Gasteiger partial charge in [-0.15, -0.1) is 0 Å². The van der Waals surface area contributed by atoms with Crippen molar-refractivity contribution >= 4 is 11.0 Å². The third-order valence-corrected chi connectivity index (χ3v) is 3.01. The highest BCUT2D eigenvalue weighted by atomic mass is 16.5. The number of benzene rings is 1.